The molecule has 0 saturated heterocycles. The fourth-order valence-electron chi connectivity index (χ4n) is 3.96. The second kappa shape index (κ2) is 8.26. The summed E-state index contributed by atoms with van der Waals surface area (Å²) in [7, 11) is 0. The van der Waals surface area contributed by atoms with Crippen molar-refractivity contribution in [3.05, 3.63) is 41.3 Å². The molecule has 0 radical (unpaired) electrons. The molecule has 2 aromatic rings. The fraction of sp³-hybridized carbons (Fsp3) is 0.455. The van der Waals surface area contributed by atoms with Crippen LogP contribution in [0.5, 0.6) is 0 Å². The van der Waals surface area contributed by atoms with E-state index in [0.29, 0.717) is 11.6 Å². The van der Waals surface area contributed by atoms with Crippen LogP contribution < -0.4 is 4.90 Å². The first kappa shape index (κ1) is 19.6. The Bertz CT molecular complexity index is 812. The molecule has 1 amide bonds. The number of hydrogen-bond acceptors (Lipinski definition) is 3. The van der Waals surface area contributed by atoms with Crippen LogP contribution in [0.2, 0.25) is 0 Å². The largest absolute Gasteiger partial charge is 0.477 e. The third-order valence-electron chi connectivity index (χ3n) is 5.26. The van der Waals surface area contributed by atoms with E-state index in [2.05, 4.69) is 6.92 Å². The number of carbonyl (C=O) groups excluding carboxylic acids is 1. The first-order valence-electron chi connectivity index (χ1n) is 9.64. The molecular weight excluding hydrogens is 358 g/mol. The van der Waals surface area contributed by atoms with E-state index >= 15 is 0 Å². The van der Waals surface area contributed by atoms with Gasteiger partial charge in [-0.15, -0.1) is 11.3 Å². The van der Waals surface area contributed by atoms with Crippen LogP contribution in [0.3, 0.4) is 0 Å². The van der Waals surface area contributed by atoms with Gasteiger partial charge < -0.3 is 10.0 Å². The van der Waals surface area contributed by atoms with Gasteiger partial charge in [-0.05, 0) is 44.2 Å². The van der Waals surface area contributed by atoms with Crippen molar-refractivity contribution < 1.29 is 14.7 Å². The van der Waals surface area contributed by atoms with Crippen LogP contribution in [0.1, 0.15) is 56.1 Å². The van der Waals surface area contributed by atoms with Gasteiger partial charge in [-0.25, -0.2) is 4.79 Å². The van der Waals surface area contributed by atoms with E-state index < -0.39 is 5.97 Å². The molecule has 5 heteroatoms. The maximum absolute atomic E-state index is 13.3. The van der Waals surface area contributed by atoms with Crippen LogP contribution in [-0.4, -0.2) is 23.0 Å². The van der Waals surface area contributed by atoms with Crippen LogP contribution in [0, 0.1) is 11.8 Å². The number of nitrogens with zero attached hydrogens (tertiary/aromatic N) is 1. The highest BCUT2D eigenvalue weighted by Crippen LogP contribution is 2.39. The third kappa shape index (κ3) is 4.24. The molecule has 1 unspecified atom stereocenters. The summed E-state index contributed by atoms with van der Waals surface area (Å²) < 4.78 is 0. The van der Waals surface area contributed by atoms with Crippen molar-refractivity contribution in [3.63, 3.8) is 0 Å². The number of amides is 1. The van der Waals surface area contributed by atoms with Crippen LogP contribution in [0.25, 0.3) is 10.4 Å². The topological polar surface area (TPSA) is 57.6 Å². The van der Waals surface area contributed by atoms with E-state index in [1.165, 1.54) is 17.8 Å². The quantitative estimate of drug-likeness (QED) is 0.720. The van der Waals surface area contributed by atoms with Crippen LogP contribution in [0.4, 0.5) is 5.69 Å². The van der Waals surface area contributed by atoms with Crippen molar-refractivity contribution in [3.8, 4) is 10.4 Å². The smallest absolute Gasteiger partial charge is 0.348 e. The summed E-state index contributed by atoms with van der Waals surface area (Å²) in [5, 5.41) is 9.76. The van der Waals surface area contributed by atoms with Crippen molar-refractivity contribution in [2.24, 2.45) is 11.8 Å². The Kier molecular flexibility index (Phi) is 6.00. The lowest BCUT2D eigenvalue weighted by atomic mass is 9.81. The first-order chi connectivity index (χ1) is 12.9. The van der Waals surface area contributed by atoms with Gasteiger partial charge in [0, 0.05) is 16.8 Å². The van der Waals surface area contributed by atoms with Gasteiger partial charge in [-0.1, -0.05) is 50.1 Å². The molecule has 144 valence electrons. The molecule has 1 fully saturated rings. The number of carboxylic acid groups (broad SMARTS) is 1. The predicted molar refractivity (Wildman–Crippen MR) is 110 cm³/mol. The zero-order chi connectivity index (χ0) is 19.6. The van der Waals surface area contributed by atoms with Gasteiger partial charge in [0.05, 0.1) is 5.69 Å². The van der Waals surface area contributed by atoms with Crippen molar-refractivity contribution in [2.45, 2.75) is 52.5 Å². The summed E-state index contributed by atoms with van der Waals surface area (Å²) in [6, 6.07) is 11.5. The average Bonchev–Trinajstić information content (AvgIpc) is 3.07. The summed E-state index contributed by atoms with van der Waals surface area (Å²) in [4.78, 5) is 28.1. The number of rotatable bonds is 5. The Balaban J connectivity index is 2.01. The maximum atomic E-state index is 13.3. The van der Waals surface area contributed by atoms with Gasteiger partial charge in [0.1, 0.15) is 4.88 Å². The summed E-state index contributed by atoms with van der Waals surface area (Å²) >= 11 is 1.24. The molecule has 2 atom stereocenters. The normalized spacial score (nSPS) is 19.9. The zero-order valence-electron chi connectivity index (χ0n) is 16.1. The predicted octanol–water partition coefficient (Wildman–Crippen LogP) is 5.68. The van der Waals surface area contributed by atoms with Crippen molar-refractivity contribution >= 4 is 28.9 Å². The van der Waals surface area contributed by atoms with E-state index in [1.54, 1.807) is 4.90 Å². The van der Waals surface area contributed by atoms with E-state index in [0.717, 1.165) is 29.7 Å². The van der Waals surface area contributed by atoms with Crippen LogP contribution in [-0.2, 0) is 4.79 Å². The minimum Gasteiger partial charge on any atom is -0.477 e. The minimum atomic E-state index is -0.979. The Labute approximate surface area is 164 Å². The molecule has 27 heavy (non-hydrogen) atoms. The number of aromatic carboxylic acids is 1. The molecule has 1 aliphatic rings. The summed E-state index contributed by atoms with van der Waals surface area (Å²) in [6.45, 7) is 6.10. The van der Waals surface area contributed by atoms with Gasteiger partial charge in [0.25, 0.3) is 0 Å². The van der Waals surface area contributed by atoms with Crippen molar-refractivity contribution in [1.82, 2.24) is 0 Å². The third-order valence-corrected chi connectivity index (χ3v) is 6.43. The van der Waals surface area contributed by atoms with E-state index in [9.17, 15) is 14.7 Å². The molecule has 1 aliphatic carbocycles. The molecule has 0 bridgehead atoms. The lowest BCUT2D eigenvalue weighted by molar-refractivity contribution is -0.124. The maximum Gasteiger partial charge on any atom is 0.348 e. The fourth-order valence-corrected chi connectivity index (χ4v) is 4.96. The SMILES string of the molecule is CC(C)N(C(=O)C1CCC[C@@H](C)C1)c1cc(-c2ccccc2)sc1C(=O)O. The molecule has 1 saturated carbocycles. The number of carboxylic acids is 1. The van der Waals surface area contributed by atoms with Crippen molar-refractivity contribution in [2.75, 3.05) is 4.90 Å². The molecule has 0 spiro atoms. The molecule has 4 nitrogen and oxygen atoms in total. The van der Waals surface area contributed by atoms with Crippen LogP contribution in [0.15, 0.2) is 36.4 Å². The highest BCUT2D eigenvalue weighted by Gasteiger charge is 2.33. The summed E-state index contributed by atoms with van der Waals surface area (Å²) in [6.07, 6.45) is 4.02. The molecule has 1 aromatic carbocycles. The molecule has 1 N–H and O–H groups in total. The highest BCUT2D eigenvalue weighted by atomic mass is 32.1. The van der Waals surface area contributed by atoms with E-state index in [1.807, 2.05) is 50.2 Å². The van der Waals surface area contributed by atoms with E-state index in [4.69, 9.17) is 0 Å². The lowest BCUT2D eigenvalue weighted by Gasteiger charge is -2.33. The summed E-state index contributed by atoms with van der Waals surface area (Å²) in [5.41, 5.74) is 1.50. The van der Waals surface area contributed by atoms with Crippen LogP contribution >= 0.6 is 11.3 Å². The van der Waals surface area contributed by atoms with Crippen molar-refractivity contribution in [1.29, 1.82) is 0 Å². The number of carbonyl (C=O) groups is 2. The second-order valence-electron chi connectivity index (χ2n) is 7.77. The Morgan fingerprint density at radius 2 is 1.89 bits per heavy atom. The number of hydrogen-bond donors (Lipinski definition) is 1. The molecule has 3 rings (SSSR count). The number of benzene rings is 1. The van der Waals surface area contributed by atoms with Gasteiger partial charge >= 0.3 is 5.97 Å². The Morgan fingerprint density at radius 1 is 1.19 bits per heavy atom. The van der Waals surface area contributed by atoms with Gasteiger partial charge in [-0.3, -0.25) is 4.79 Å². The second-order valence-corrected chi connectivity index (χ2v) is 8.82. The zero-order valence-corrected chi connectivity index (χ0v) is 17.0. The standard InChI is InChI=1S/C22H27NO3S/c1-14(2)23(21(24)17-11-7-8-15(3)12-17)18-13-19(27-20(18)22(25)26)16-9-5-4-6-10-16/h4-6,9-10,13-15,17H,7-8,11-12H2,1-3H3,(H,25,26)/t15-,17?/m1/s1. The Morgan fingerprint density at radius 3 is 2.48 bits per heavy atom. The Hall–Kier alpha value is -2.14. The first-order valence-corrected chi connectivity index (χ1v) is 10.5. The van der Waals surface area contributed by atoms with Gasteiger partial charge in [0.15, 0.2) is 0 Å². The van der Waals surface area contributed by atoms with Gasteiger partial charge in [0.2, 0.25) is 5.91 Å². The monoisotopic (exact) mass is 385 g/mol. The molecule has 1 heterocycles. The number of thiophene rings is 1. The average molecular weight is 386 g/mol. The number of anilines is 1. The molecule has 0 aliphatic heterocycles. The molecular formula is C22H27NO3S. The van der Waals surface area contributed by atoms with E-state index in [-0.39, 0.29) is 22.7 Å². The molecule has 1 aromatic heterocycles. The van der Waals surface area contributed by atoms with Gasteiger partial charge in [-0.2, -0.15) is 0 Å². The lowest BCUT2D eigenvalue weighted by Crippen LogP contribution is -2.42. The summed E-state index contributed by atoms with van der Waals surface area (Å²) in [5.74, 6) is -0.384. The minimum absolute atomic E-state index is 0.0159. The highest BCUT2D eigenvalue weighted by molar-refractivity contribution is 7.18.